The summed E-state index contributed by atoms with van der Waals surface area (Å²) in [7, 11) is 1.61. The number of ether oxygens (including phenoxy) is 3. The molecule has 2 rings (SSSR count). The fraction of sp³-hybridized carbons (Fsp3) is 0.375. The smallest absolute Gasteiger partial charge is 0.336 e. The van der Waals surface area contributed by atoms with Gasteiger partial charge in [0, 0.05) is 6.08 Å². The van der Waals surface area contributed by atoms with E-state index in [0.717, 1.165) is 37.7 Å². The van der Waals surface area contributed by atoms with Crippen molar-refractivity contribution in [3.05, 3.63) is 59.7 Å². The average Bonchev–Trinajstić information content (AvgIpc) is 2.71. The van der Waals surface area contributed by atoms with Gasteiger partial charge in [-0.25, -0.2) is 4.79 Å². The number of hydrogen-bond acceptors (Lipinski definition) is 4. The maximum Gasteiger partial charge on any atom is 0.336 e. The zero-order chi connectivity index (χ0) is 20.2. The molecule has 0 fully saturated rings. The quantitative estimate of drug-likeness (QED) is 0.212. The van der Waals surface area contributed by atoms with Crippen LogP contribution >= 0.6 is 0 Å². The monoisotopic (exact) mass is 382 g/mol. The lowest BCUT2D eigenvalue weighted by Gasteiger charge is -2.11. The van der Waals surface area contributed by atoms with Gasteiger partial charge in [-0.2, -0.15) is 0 Å². The molecule has 0 aromatic heterocycles. The Labute approximate surface area is 168 Å². The molecule has 150 valence electrons. The molecule has 0 saturated heterocycles. The van der Waals surface area contributed by atoms with E-state index in [9.17, 15) is 4.79 Å². The molecule has 0 aliphatic heterocycles. The molecule has 0 saturated carbocycles. The van der Waals surface area contributed by atoms with Gasteiger partial charge in [0.15, 0.2) is 11.5 Å². The summed E-state index contributed by atoms with van der Waals surface area (Å²) in [6.07, 6.45) is 8.55. The van der Waals surface area contributed by atoms with Gasteiger partial charge in [0.2, 0.25) is 0 Å². The van der Waals surface area contributed by atoms with Crippen molar-refractivity contribution in [3.63, 3.8) is 0 Å². The van der Waals surface area contributed by atoms with Gasteiger partial charge in [0.25, 0.3) is 0 Å². The van der Waals surface area contributed by atoms with Crippen molar-refractivity contribution < 1.29 is 19.0 Å². The number of esters is 1. The molecular weight excluding hydrogens is 352 g/mol. The highest BCUT2D eigenvalue weighted by atomic mass is 16.5. The van der Waals surface area contributed by atoms with Gasteiger partial charge in [-0.1, -0.05) is 51.3 Å². The van der Waals surface area contributed by atoms with Gasteiger partial charge < -0.3 is 14.2 Å². The molecule has 0 heterocycles. The van der Waals surface area contributed by atoms with Gasteiger partial charge in [-0.3, -0.25) is 0 Å². The highest BCUT2D eigenvalue weighted by Crippen LogP contribution is 2.28. The minimum Gasteiger partial charge on any atom is -0.493 e. The Hall–Kier alpha value is -2.75. The van der Waals surface area contributed by atoms with E-state index in [1.54, 1.807) is 13.2 Å². The van der Waals surface area contributed by atoms with E-state index in [1.807, 2.05) is 42.5 Å². The van der Waals surface area contributed by atoms with Crippen LogP contribution in [0.5, 0.6) is 17.2 Å². The van der Waals surface area contributed by atoms with Gasteiger partial charge in [0.05, 0.1) is 13.7 Å². The summed E-state index contributed by atoms with van der Waals surface area (Å²) in [4.78, 5) is 12.1. The lowest BCUT2D eigenvalue weighted by molar-refractivity contribution is -0.128. The van der Waals surface area contributed by atoms with Crippen molar-refractivity contribution in [3.8, 4) is 17.2 Å². The maximum atomic E-state index is 12.1. The second-order valence-corrected chi connectivity index (χ2v) is 6.61. The molecule has 0 radical (unpaired) electrons. The summed E-state index contributed by atoms with van der Waals surface area (Å²) < 4.78 is 16.5. The minimum absolute atomic E-state index is 0.415. The van der Waals surface area contributed by atoms with Gasteiger partial charge in [-0.15, -0.1) is 0 Å². The standard InChI is InChI=1S/C24H30O4/c1-4-6-7-17-27-22-15-11-20(18-23(22)26-3)12-16-24(25)28-21-13-9-19(8-5-2)10-14-21/h9-16,18H,4-8,17H2,1-3H3/b16-12+. The average molecular weight is 383 g/mol. The molecule has 0 amide bonds. The third-order valence-corrected chi connectivity index (χ3v) is 4.29. The number of hydrogen-bond donors (Lipinski definition) is 0. The van der Waals surface area contributed by atoms with Gasteiger partial charge in [-0.05, 0) is 54.3 Å². The van der Waals surface area contributed by atoms with Crippen LogP contribution in [0.3, 0.4) is 0 Å². The number of aryl methyl sites for hydroxylation is 1. The van der Waals surface area contributed by atoms with E-state index in [1.165, 1.54) is 11.6 Å². The molecule has 2 aromatic carbocycles. The summed E-state index contributed by atoms with van der Waals surface area (Å²) in [5, 5.41) is 0. The number of benzene rings is 2. The third kappa shape index (κ3) is 7.10. The SMILES string of the molecule is CCCCCOc1ccc(/C=C/C(=O)Oc2ccc(CCC)cc2)cc1OC. The molecule has 28 heavy (non-hydrogen) atoms. The van der Waals surface area contributed by atoms with Crippen LogP contribution in [-0.2, 0) is 11.2 Å². The van der Waals surface area contributed by atoms with E-state index in [2.05, 4.69) is 13.8 Å². The van der Waals surface area contributed by atoms with Gasteiger partial charge >= 0.3 is 5.97 Å². The van der Waals surface area contributed by atoms with Crippen LogP contribution in [0.4, 0.5) is 0 Å². The number of carbonyl (C=O) groups excluding carboxylic acids is 1. The molecule has 0 N–H and O–H groups in total. The van der Waals surface area contributed by atoms with Crippen LogP contribution in [0.25, 0.3) is 6.08 Å². The Bertz CT molecular complexity index is 763. The summed E-state index contributed by atoms with van der Waals surface area (Å²) in [5.41, 5.74) is 2.08. The minimum atomic E-state index is -0.415. The molecule has 4 heteroatoms. The lowest BCUT2D eigenvalue weighted by atomic mass is 10.1. The van der Waals surface area contributed by atoms with Crippen LogP contribution in [0.2, 0.25) is 0 Å². The first-order chi connectivity index (χ1) is 13.7. The number of unbranched alkanes of at least 4 members (excludes halogenated alkanes) is 2. The van der Waals surface area contributed by atoms with E-state index < -0.39 is 5.97 Å². The normalized spacial score (nSPS) is 10.8. The molecular formula is C24H30O4. The first kappa shape index (κ1) is 21.5. The van der Waals surface area contributed by atoms with E-state index in [4.69, 9.17) is 14.2 Å². The molecule has 0 spiro atoms. The third-order valence-electron chi connectivity index (χ3n) is 4.29. The molecule has 0 aliphatic carbocycles. The molecule has 0 aliphatic rings. The topological polar surface area (TPSA) is 44.8 Å². The number of methoxy groups -OCH3 is 1. The van der Waals surface area contributed by atoms with Crippen molar-refractivity contribution in [2.75, 3.05) is 13.7 Å². The Morgan fingerprint density at radius 2 is 1.75 bits per heavy atom. The predicted molar refractivity (Wildman–Crippen MR) is 113 cm³/mol. The predicted octanol–water partition coefficient (Wildman–Crippen LogP) is 5.84. The van der Waals surface area contributed by atoms with Gasteiger partial charge in [0.1, 0.15) is 5.75 Å². The van der Waals surface area contributed by atoms with E-state index >= 15 is 0 Å². The van der Waals surface area contributed by atoms with Crippen molar-refractivity contribution in [1.82, 2.24) is 0 Å². The fourth-order valence-corrected chi connectivity index (χ4v) is 2.77. The van der Waals surface area contributed by atoms with Crippen molar-refractivity contribution >= 4 is 12.0 Å². The van der Waals surface area contributed by atoms with Crippen molar-refractivity contribution in [2.24, 2.45) is 0 Å². The van der Waals surface area contributed by atoms with Crippen molar-refractivity contribution in [1.29, 1.82) is 0 Å². The Balaban J connectivity index is 1.93. The Morgan fingerprint density at radius 3 is 2.43 bits per heavy atom. The summed E-state index contributed by atoms with van der Waals surface area (Å²) in [5.74, 6) is 1.49. The molecule has 2 aromatic rings. The number of rotatable bonds is 11. The Kier molecular flexibility index (Phi) is 9.13. The first-order valence-electron chi connectivity index (χ1n) is 9.96. The summed E-state index contributed by atoms with van der Waals surface area (Å²) in [6.45, 7) is 4.97. The zero-order valence-corrected chi connectivity index (χ0v) is 17.1. The van der Waals surface area contributed by atoms with Crippen LogP contribution in [0, 0.1) is 0 Å². The molecule has 4 nitrogen and oxygen atoms in total. The summed E-state index contributed by atoms with van der Waals surface area (Å²) >= 11 is 0. The van der Waals surface area contributed by atoms with E-state index in [-0.39, 0.29) is 0 Å². The maximum absolute atomic E-state index is 12.1. The largest absolute Gasteiger partial charge is 0.493 e. The highest BCUT2D eigenvalue weighted by Gasteiger charge is 2.06. The summed E-state index contributed by atoms with van der Waals surface area (Å²) in [6, 6.07) is 13.2. The van der Waals surface area contributed by atoms with Crippen molar-refractivity contribution in [2.45, 2.75) is 46.0 Å². The molecule has 0 bridgehead atoms. The second kappa shape index (κ2) is 11.9. The second-order valence-electron chi connectivity index (χ2n) is 6.61. The van der Waals surface area contributed by atoms with E-state index in [0.29, 0.717) is 23.9 Å². The molecule has 0 atom stereocenters. The first-order valence-corrected chi connectivity index (χ1v) is 9.96. The fourth-order valence-electron chi connectivity index (χ4n) is 2.77. The molecule has 0 unspecified atom stereocenters. The van der Waals surface area contributed by atoms with Crippen LogP contribution in [0.15, 0.2) is 48.5 Å². The van der Waals surface area contributed by atoms with Crippen LogP contribution in [-0.4, -0.2) is 19.7 Å². The lowest BCUT2D eigenvalue weighted by Crippen LogP contribution is -2.03. The zero-order valence-electron chi connectivity index (χ0n) is 17.1. The number of carbonyl (C=O) groups is 1. The van der Waals surface area contributed by atoms with Crippen LogP contribution in [0.1, 0.15) is 50.7 Å². The van der Waals surface area contributed by atoms with Crippen LogP contribution < -0.4 is 14.2 Å². The Morgan fingerprint density at radius 1 is 0.964 bits per heavy atom. The highest BCUT2D eigenvalue weighted by molar-refractivity contribution is 5.88.